The van der Waals surface area contributed by atoms with Crippen LogP contribution in [0.5, 0.6) is 0 Å². The van der Waals surface area contributed by atoms with Gasteiger partial charge in [-0.25, -0.2) is 0 Å². The first-order valence-corrected chi connectivity index (χ1v) is 13.1. The third kappa shape index (κ3) is 5.02. The topological polar surface area (TPSA) is 90.9 Å². The summed E-state index contributed by atoms with van der Waals surface area (Å²) in [6.07, 6.45) is 0.596. The molecule has 7 nitrogen and oxygen atoms in total. The molecular weight excluding hydrogens is 492 g/mol. The maximum atomic E-state index is 11.6. The van der Waals surface area contributed by atoms with Crippen LogP contribution in [0, 0.1) is 10.1 Å². The van der Waals surface area contributed by atoms with Crippen molar-refractivity contribution >= 4 is 46.3 Å². The van der Waals surface area contributed by atoms with Crippen LogP contribution in [-0.4, -0.2) is 26.0 Å². The fourth-order valence-electron chi connectivity index (χ4n) is 3.90. The largest absolute Gasteiger partial charge is 0.298 e. The number of thioether (sulfide) groups is 1. The summed E-state index contributed by atoms with van der Waals surface area (Å²) in [7, 11) is 0. The molecule has 0 saturated heterocycles. The number of hydrogen-bond acceptors (Lipinski definition) is 7. The average molecular weight is 513 g/mol. The number of nitro benzene ring substituents is 1. The Morgan fingerprint density at radius 3 is 2.47 bits per heavy atom. The van der Waals surface area contributed by atoms with Crippen LogP contribution < -0.4 is 0 Å². The molecule has 0 spiro atoms. The zero-order chi connectivity index (χ0) is 24.9. The van der Waals surface area contributed by atoms with Crippen LogP contribution >= 0.6 is 23.5 Å². The van der Waals surface area contributed by atoms with Crippen molar-refractivity contribution in [1.29, 1.82) is 0 Å². The van der Waals surface area contributed by atoms with E-state index in [0.717, 1.165) is 29.0 Å². The Bertz CT molecular complexity index is 1550. The minimum absolute atomic E-state index is 0.140. The first kappa shape index (κ1) is 23.8. The lowest BCUT2D eigenvalue weighted by Crippen LogP contribution is -2.02. The second-order valence-electron chi connectivity index (χ2n) is 7.91. The van der Waals surface area contributed by atoms with E-state index in [4.69, 9.17) is 0 Å². The Balaban J connectivity index is 1.44. The number of nitro groups is 1. The van der Waals surface area contributed by atoms with E-state index in [1.54, 1.807) is 23.9 Å². The van der Waals surface area contributed by atoms with Crippen LogP contribution in [0.2, 0.25) is 0 Å². The number of para-hydroxylation sites is 1. The molecule has 36 heavy (non-hydrogen) atoms. The quantitative estimate of drug-likeness (QED) is 0.123. The molecule has 0 aliphatic rings. The zero-order valence-electron chi connectivity index (χ0n) is 19.0. The lowest BCUT2D eigenvalue weighted by molar-refractivity contribution is -0.387. The van der Waals surface area contributed by atoms with E-state index < -0.39 is 4.92 Å². The van der Waals surface area contributed by atoms with E-state index in [2.05, 4.69) is 40.5 Å². The highest BCUT2D eigenvalue weighted by Crippen LogP contribution is 2.36. The Hall–Kier alpha value is -3.95. The molecule has 1 aromatic heterocycles. The Morgan fingerprint density at radius 1 is 0.889 bits per heavy atom. The highest BCUT2D eigenvalue weighted by atomic mass is 32.2. The minimum atomic E-state index is -0.487. The van der Waals surface area contributed by atoms with Crippen LogP contribution in [-0.2, 0) is 11.5 Å². The van der Waals surface area contributed by atoms with Crippen LogP contribution in [0.3, 0.4) is 0 Å². The molecular formula is C27H20N4O3S2. The highest BCUT2D eigenvalue weighted by molar-refractivity contribution is 7.99. The summed E-state index contributed by atoms with van der Waals surface area (Å²) in [4.78, 5) is 22.7. The Labute approximate surface area is 215 Å². The van der Waals surface area contributed by atoms with Gasteiger partial charge in [-0.05, 0) is 46.3 Å². The molecule has 9 heteroatoms. The Kier molecular flexibility index (Phi) is 7.11. The molecule has 4 aromatic carbocycles. The number of nitrogens with zero attached hydrogens (tertiary/aromatic N) is 4. The monoisotopic (exact) mass is 512 g/mol. The fraction of sp³-hybridized carbons (Fsp3) is 0.0741. The maximum Gasteiger partial charge on any atom is 0.284 e. The SMILES string of the molecule is O=Cc1ccc(Sc2nnc(CSCc3cccc4ccccc34)n2-c2ccccc2)c([N+](=O)[O-])c1. The van der Waals surface area contributed by atoms with Crippen LogP contribution in [0.1, 0.15) is 21.7 Å². The molecule has 0 fully saturated rings. The first-order valence-electron chi connectivity index (χ1n) is 11.1. The van der Waals surface area contributed by atoms with Gasteiger partial charge in [0, 0.05) is 23.1 Å². The van der Waals surface area contributed by atoms with Gasteiger partial charge in [-0.1, -0.05) is 66.7 Å². The lowest BCUT2D eigenvalue weighted by Gasteiger charge is -2.11. The summed E-state index contributed by atoms with van der Waals surface area (Å²) in [5.41, 5.74) is 2.24. The molecule has 0 unspecified atom stereocenters. The summed E-state index contributed by atoms with van der Waals surface area (Å²) < 4.78 is 1.93. The number of aromatic nitrogens is 3. The summed E-state index contributed by atoms with van der Waals surface area (Å²) >= 11 is 2.89. The van der Waals surface area contributed by atoms with Gasteiger partial charge in [-0.2, -0.15) is 0 Å². The van der Waals surface area contributed by atoms with Gasteiger partial charge in [0.2, 0.25) is 5.16 Å². The van der Waals surface area contributed by atoms with E-state index in [1.807, 2.05) is 47.0 Å². The smallest absolute Gasteiger partial charge is 0.284 e. The van der Waals surface area contributed by atoms with E-state index in [0.29, 0.717) is 22.1 Å². The summed E-state index contributed by atoms with van der Waals surface area (Å²) in [5.74, 6) is 2.17. The van der Waals surface area contributed by atoms with Crippen molar-refractivity contribution in [1.82, 2.24) is 14.8 Å². The number of carbonyl (C=O) groups is 1. The predicted octanol–water partition coefficient (Wildman–Crippen LogP) is 6.73. The predicted molar refractivity (Wildman–Crippen MR) is 143 cm³/mol. The standard InChI is InChI=1S/C27H20N4O3S2/c32-16-19-13-14-25(24(15-19)31(33)34)36-27-29-28-26(30(27)22-10-2-1-3-11-22)18-35-17-21-9-6-8-20-7-4-5-12-23(20)21/h1-16H,17-18H2. The number of carbonyl (C=O) groups excluding carboxylic acids is 1. The maximum absolute atomic E-state index is 11.6. The zero-order valence-corrected chi connectivity index (χ0v) is 20.6. The van der Waals surface area contributed by atoms with Gasteiger partial charge in [0.1, 0.15) is 12.1 Å². The molecule has 0 N–H and O–H groups in total. The van der Waals surface area contributed by atoms with E-state index in [1.165, 1.54) is 22.4 Å². The van der Waals surface area contributed by atoms with Gasteiger partial charge in [-0.15, -0.1) is 22.0 Å². The van der Waals surface area contributed by atoms with Crippen LogP contribution in [0.4, 0.5) is 5.69 Å². The second kappa shape index (κ2) is 10.8. The Morgan fingerprint density at radius 2 is 1.67 bits per heavy atom. The van der Waals surface area contributed by atoms with Crippen molar-refractivity contribution in [2.75, 3.05) is 0 Å². The van der Waals surface area contributed by atoms with Gasteiger partial charge < -0.3 is 0 Å². The molecule has 5 aromatic rings. The number of hydrogen-bond donors (Lipinski definition) is 0. The molecule has 178 valence electrons. The third-order valence-corrected chi connectivity index (χ3v) is 7.59. The molecule has 0 saturated carbocycles. The van der Waals surface area contributed by atoms with Crippen molar-refractivity contribution in [2.45, 2.75) is 21.6 Å². The van der Waals surface area contributed by atoms with Gasteiger partial charge in [0.25, 0.3) is 5.69 Å². The van der Waals surface area contributed by atoms with Crippen molar-refractivity contribution < 1.29 is 9.72 Å². The number of fused-ring (bicyclic) bond motifs is 1. The van der Waals surface area contributed by atoms with Gasteiger partial charge >= 0.3 is 0 Å². The molecule has 0 aliphatic heterocycles. The first-order chi connectivity index (χ1) is 17.6. The van der Waals surface area contributed by atoms with Crippen molar-refractivity contribution in [3.63, 3.8) is 0 Å². The number of rotatable bonds is 9. The van der Waals surface area contributed by atoms with E-state index >= 15 is 0 Å². The van der Waals surface area contributed by atoms with Crippen LogP contribution in [0.25, 0.3) is 16.5 Å². The summed E-state index contributed by atoms with van der Waals surface area (Å²) in [6.45, 7) is 0. The van der Waals surface area contributed by atoms with E-state index in [9.17, 15) is 14.9 Å². The molecule has 0 atom stereocenters. The number of aldehydes is 1. The summed E-state index contributed by atoms with van der Waals surface area (Å²) in [6, 6.07) is 28.8. The highest BCUT2D eigenvalue weighted by Gasteiger charge is 2.21. The van der Waals surface area contributed by atoms with Gasteiger partial charge in [0.05, 0.1) is 15.6 Å². The van der Waals surface area contributed by atoms with E-state index in [-0.39, 0.29) is 11.3 Å². The second-order valence-corrected chi connectivity index (χ2v) is 9.90. The molecule has 0 aliphatic carbocycles. The molecule has 1 heterocycles. The molecule has 5 rings (SSSR count). The van der Waals surface area contributed by atoms with Crippen molar-refractivity contribution in [3.8, 4) is 5.69 Å². The lowest BCUT2D eigenvalue weighted by atomic mass is 10.1. The fourth-order valence-corrected chi connectivity index (χ4v) is 5.80. The van der Waals surface area contributed by atoms with Gasteiger partial charge in [-0.3, -0.25) is 19.5 Å². The van der Waals surface area contributed by atoms with Crippen molar-refractivity contribution in [2.24, 2.45) is 0 Å². The van der Waals surface area contributed by atoms with Gasteiger partial charge in [0.15, 0.2) is 0 Å². The molecule has 0 bridgehead atoms. The van der Waals surface area contributed by atoms with Crippen molar-refractivity contribution in [3.05, 3.63) is 118 Å². The molecule has 0 radical (unpaired) electrons. The average Bonchev–Trinajstić information content (AvgIpc) is 3.31. The normalized spacial score (nSPS) is 11.0. The molecule has 0 amide bonds. The van der Waals surface area contributed by atoms with Crippen LogP contribution in [0.15, 0.2) is 101 Å². The third-order valence-electron chi connectivity index (χ3n) is 5.60. The summed E-state index contributed by atoms with van der Waals surface area (Å²) in [5, 5.41) is 23.4. The number of benzene rings is 4. The minimum Gasteiger partial charge on any atom is -0.298 e.